The SMILES string of the molecule is CNCCCC(=O)Cc1cc(F)cc(F)c1. The zero-order valence-corrected chi connectivity index (χ0v) is 9.22. The van der Waals surface area contributed by atoms with E-state index in [-0.39, 0.29) is 12.2 Å². The zero-order chi connectivity index (χ0) is 12.0. The Labute approximate surface area is 93.7 Å². The van der Waals surface area contributed by atoms with Gasteiger partial charge in [0.05, 0.1) is 0 Å². The van der Waals surface area contributed by atoms with Crippen molar-refractivity contribution in [2.75, 3.05) is 13.6 Å². The molecule has 0 amide bonds. The molecule has 0 heterocycles. The molecule has 0 atom stereocenters. The number of carbonyl (C=O) groups is 1. The molecule has 88 valence electrons. The summed E-state index contributed by atoms with van der Waals surface area (Å²) in [6, 6.07) is 3.19. The van der Waals surface area contributed by atoms with Gasteiger partial charge in [0.15, 0.2) is 0 Å². The van der Waals surface area contributed by atoms with Crippen LogP contribution in [0.3, 0.4) is 0 Å². The third-order valence-corrected chi connectivity index (χ3v) is 2.21. The van der Waals surface area contributed by atoms with E-state index in [2.05, 4.69) is 5.32 Å². The maximum atomic E-state index is 12.8. The van der Waals surface area contributed by atoms with Gasteiger partial charge >= 0.3 is 0 Å². The maximum Gasteiger partial charge on any atom is 0.137 e. The summed E-state index contributed by atoms with van der Waals surface area (Å²) in [5, 5.41) is 2.93. The number of halogens is 2. The summed E-state index contributed by atoms with van der Waals surface area (Å²) in [6.07, 6.45) is 1.27. The molecule has 4 heteroatoms. The molecule has 0 bridgehead atoms. The van der Waals surface area contributed by atoms with Crippen LogP contribution in [0, 0.1) is 11.6 Å². The van der Waals surface area contributed by atoms with Crippen LogP contribution >= 0.6 is 0 Å². The zero-order valence-electron chi connectivity index (χ0n) is 9.22. The Morgan fingerprint density at radius 2 is 1.88 bits per heavy atom. The monoisotopic (exact) mass is 227 g/mol. The van der Waals surface area contributed by atoms with Gasteiger partial charge in [0.25, 0.3) is 0 Å². The molecule has 1 aromatic carbocycles. The Balaban J connectivity index is 2.49. The minimum absolute atomic E-state index is 0.000231. The molecular weight excluding hydrogens is 212 g/mol. The summed E-state index contributed by atoms with van der Waals surface area (Å²) in [5.41, 5.74) is 0.395. The lowest BCUT2D eigenvalue weighted by Crippen LogP contribution is -2.11. The minimum atomic E-state index is -0.641. The highest BCUT2D eigenvalue weighted by atomic mass is 19.1. The second-order valence-corrected chi connectivity index (χ2v) is 3.70. The van der Waals surface area contributed by atoms with Crippen molar-refractivity contribution in [1.29, 1.82) is 0 Å². The van der Waals surface area contributed by atoms with Gasteiger partial charge in [0, 0.05) is 18.9 Å². The van der Waals surface area contributed by atoms with Gasteiger partial charge in [-0.25, -0.2) is 8.78 Å². The van der Waals surface area contributed by atoms with Crippen molar-refractivity contribution in [3.8, 4) is 0 Å². The van der Waals surface area contributed by atoms with E-state index in [9.17, 15) is 13.6 Å². The van der Waals surface area contributed by atoms with Crippen molar-refractivity contribution in [2.24, 2.45) is 0 Å². The van der Waals surface area contributed by atoms with Gasteiger partial charge in [-0.1, -0.05) is 0 Å². The fourth-order valence-corrected chi connectivity index (χ4v) is 1.49. The van der Waals surface area contributed by atoms with Gasteiger partial charge in [0.1, 0.15) is 17.4 Å². The average molecular weight is 227 g/mol. The standard InChI is InChI=1S/C12H15F2NO/c1-15-4-2-3-12(16)7-9-5-10(13)8-11(14)6-9/h5-6,8,15H,2-4,7H2,1H3. The molecular formula is C12H15F2NO. The first kappa shape index (κ1) is 12.8. The van der Waals surface area contributed by atoms with Crippen molar-refractivity contribution in [2.45, 2.75) is 19.3 Å². The predicted octanol–water partition coefficient (Wildman–Crippen LogP) is 2.08. The number of hydrogen-bond acceptors (Lipinski definition) is 2. The normalized spacial score (nSPS) is 10.4. The van der Waals surface area contributed by atoms with Crippen LogP contribution in [-0.2, 0) is 11.2 Å². The maximum absolute atomic E-state index is 12.8. The molecule has 0 saturated carbocycles. The summed E-state index contributed by atoms with van der Waals surface area (Å²) in [5.74, 6) is -1.28. The third-order valence-electron chi connectivity index (χ3n) is 2.21. The van der Waals surface area contributed by atoms with Gasteiger partial charge in [-0.15, -0.1) is 0 Å². The Hall–Kier alpha value is -1.29. The molecule has 2 nitrogen and oxygen atoms in total. The first-order chi connectivity index (χ1) is 7.61. The summed E-state index contributed by atoms with van der Waals surface area (Å²) in [4.78, 5) is 11.4. The van der Waals surface area contributed by atoms with Crippen molar-refractivity contribution in [3.63, 3.8) is 0 Å². The fourth-order valence-electron chi connectivity index (χ4n) is 1.49. The number of benzene rings is 1. The van der Waals surface area contributed by atoms with E-state index < -0.39 is 11.6 Å². The molecule has 16 heavy (non-hydrogen) atoms. The smallest absolute Gasteiger partial charge is 0.137 e. The predicted molar refractivity (Wildman–Crippen MR) is 58.2 cm³/mol. The van der Waals surface area contributed by atoms with Crippen molar-refractivity contribution < 1.29 is 13.6 Å². The summed E-state index contributed by atoms with van der Waals surface area (Å²) in [6.45, 7) is 0.767. The van der Waals surface area contributed by atoms with Gasteiger partial charge in [-0.05, 0) is 37.7 Å². The Morgan fingerprint density at radius 1 is 1.25 bits per heavy atom. The Bertz CT molecular complexity index is 346. The highest BCUT2D eigenvalue weighted by Crippen LogP contribution is 2.09. The second-order valence-electron chi connectivity index (χ2n) is 3.70. The van der Waals surface area contributed by atoms with Crippen molar-refractivity contribution in [3.05, 3.63) is 35.4 Å². The Morgan fingerprint density at radius 3 is 2.44 bits per heavy atom. The lowest BCUT2D eigenvalue weighted by molar-refractivity contribution is -0.118. The first-order valence-electron chi connectivity index (χ1n) is 5.23. The van der Waals surface area contributed by atoms with E-state index in [0.717, 1.165) is 19.0 Å². The largest absolute Gasteiger partial charge is 0.320 e. The quantitative estimate of drug-likeness (QED) is 0.754. The Kier molecular flexibility index (Phi) is 5.05. The molecule has 0 aliphatic heterocycles. The van der Waals surface area contributed by atoms with Gasteiger partial charge in [-0.2, -0.15) is 0 Å². The van der Waals surface area contributed by atoms with Crippen LogP contribution in [0.25, 0.3) is 0 Å². The van der Waals surface area contributed by atoms with Gasteiger partial charge < -0.3 is 5.32 Å². The number of ketones is 1. The third kappa shape index (κ3) is 4.49. The fraction of sp³-hybridized carbons (Fsp3) is 0.417. The lowest BCUT2D eigenvalue weighted by atomic mass is 10.1. The van der Waals surface area contributed by atoms with E-state index in [1.54, 1.807) is 0 Å². The summed E-state index contributed by atoms with van der Waals surface area (Å²) < 4.78 is 25.6. The van der Waals surface area contributed by atoms with E-state index in [1.165, 1.54) is 12.1 Å². The molecule has 0 aromatic heterocycles. The van der Waals surface area contributed by atoms with Crippen molar-refractivity contribution >= 4 is 5.78 Å². The highest BCUT2D eigenvalue weighted by Gasteiger charge is 2.06. The number of hydrogen-bond donors (Lipinski definition) is 1. The molecule has 1 rings (SSSR count). The molecule has 0 spiro atoms. The summed E-state index contributed by atoms with van der Waals surface area (Å²) >= 11 is 0. The average Bonchev–Trinajstić information content (AvgIpc) is 2.16. The van der Waals surface area contributed by atoms with Gasteiger partial charge in [0.2, 0.25) is 0 Å². The van der Waals surface area contributed by atoms with Crippen LogP contribution in [0.5, 0.6) is 0 Å². The number of nitrogens with one attached hydrogen (secondary N) is 1. The van der Waals surface area contributed by atoms with Crippen molar-refractivity contribution in [1.82, 2.24) is 5.32 Å². The van der Waals surface area contributed by atoms with Crippen LogP contribution in [-0.4, -0.2) is 19.4 Å². The molecule has 1 aromatic rings. The highest BCUT2D eigenvalue weighted by molar-refractivity contribution is 5.80. The molecule has 1 N–H and O–H groups in total. The molecule has 0 aliphatic carbocycles. The number of carbonyl (C=O) groups excluding carboxylic acids is 1. The summed E-state index contributed by atoms with van der Waals surface area (Å²) in [7, 11) is 1.81. The van der Waals surface area contributed by atoms with Gasteiger partial charge in [-0.3, -0.25) is 4.79 Å². The molecule has 0 aliphatic rings. The topological polar surface area (TPSA) is 29.1 Å². The molecule has 0 saturated heterocycles. The van der Waals surface area contributed by atoms with E-state index in [0.29, 0.717) is 12.0 Å². The first-order valence-corrected chi connectivity index (χ1v) is 5.23. The van der Waals surface area contributed by atoms with Crippen LogP contribution in [0.4, 0.5) is 8.78 Å². The van der Waals surface area contributed by atoms with Crippen LogP contribution in [0.15, 0.2) is 18.2 Å². The number of rotatable bonds is 6. The molecule has 0 unspecified atom stereocenters. The van der Waals surface area contributed by atoms with Crippen LogP contribution in [0.2, 0.25) is 0 Å². The molecule has 0 fully saturated rings. The number of Topliss-reactive ketones (excluding diaryl/α,β-unsaturated/α-hetero) is 1. The van der Waals surface area contributed by atoms with E-state index in [1.807, 2.05) is 7.05 Å². The molecule has 0 radical (unpaired) electrons. The second kappa shape index (κ2) is 6.33. The minimum Gasteiger partial charge on any atom is -0.320 e. The van der Waals surface area contributed by atoms with E-state index in [4.69, 9.17) is 0 Å². The lowest BCUT2D eigenvalue weighted by Gasteiger charge is -2.02. The van der Waals surface area contributed by atoms with Crippen LogP contribution in [0.1, 0.15) is 18.4 Å². The van der Waals surface area contributed by atoms with Crippen LogP contribution < -0.4 is 5.32 Å². The van der Waals surface area contributed by atoms with E-state index >= 15 is 0 Å².